The Hall–Kier alpha value is -1.30. The molecule has 1 aliphatic rings. The molecule has 2 rings (SSSR count). The first kappa shape index (κ1) is 16.1. The van der Waals surface area contributed by atoms with Gasteiger partial charge in [0, 0.05) is 18.3 Å². The summed E-state index contributed by atoms with van der Waals surface area (Å²) in [4.78, 5) is 14.3. The number of nitrogens with zero attached hydrogens (tertiary/aromatic N) is 1. The zero-order valence-electron chi connectivity index (χ0n) is 12.6. The van der Waals surface area contributed by atoms with Crippen molar-refractivity contribution in [2.24, 2.45) is 0 Å². The number of anilines is 1. The number of halogens is 1. The van der Waals surface area contributed by atoms with Gasteiger partial charge < -0.3 is 14.8 Å². The summed E-state index contributed by atoms with van der Waals surface area (Å²) in [6, 6.07) is 5.43. The van der Waals surface area contributed by atoms with Gasteiger partial charge in [-0.2, -0.15) is 0 Å². The number of ether oxygens (including phenoxy) is 2. The molecule has 116 valence electrons. The molecule has 1 aromatic rings. The van der Waals surface area contributed by atoms with Gasteiger partial charge in [0.1, 0.15) is 5.75 Å². The molecule has 0 spiro atoms. The van der Waals surface area contributed by atoms with Crippen LogP contribution in [0.5, 0.6) is 5.75 Å². The highest BCUT2D eigenvalue weighted by molar-refractivity contribution is 6.32. The zero-order valence-corrected chi connectivity index (χ0v) is 13.3. The van der Waals surface area contributed by atoms with Crippen LogP contribution < -0.4 is 10.1 Å². The van der Waals surface area contributed by atoms with Crippen molar-refractivity contribution in [3.05, 3.63) is 23.2 Å². The molecule has 0 bridgehead atoms. The van der Waals surface area contributed by atoms with Crippen molar-refractivity contribution in [1.82, 2.24) is 4.90 Å². The molecular formula is C15H21ClN2O3. The first-order chi connectivity index (χ1) is 9.99. The molecule has 1 aliphatic heterocycles. The van der Waals surface area contributed by atoms with Crippen LogP contribution in [-0.2, 0) is 9.53 Å². The number of amides is 1. The summed E-state index contributed by atoms with van der Waals surface area (Å²) in [6.07, 6.45) is 0.157. The van der Waals surface area contributed by atoms with Gasteiger partial charge in [-0.1, -0.05) is 11.6 Å². The van der Waals surface area contributed by atoms with Crippen molar-refractivity contribution in [2.75, 3.05) is 32.1 Å². The molecule has 21 heavy (non-hydrogen) atoms. The Labute approximate surface area is 130 Å². The third-order valence-corrected chi connectivity index (χ3v) is 3.81. The van der Waals surface area contributed by atoms with E-state index in [0.717, 1.165) is 6.54 Å². The van der Waals surface area contributed by atoms with Crippen LogP contribution in [0.3, 0.4) is 0 Å². The van der Waals surface area contributed by atoms with E-state index in [1.807, 2.05) is 6.92 Å². The van der Waals surface area contributed by atoms with Crippen molar-refractivity contribution in [1.29, 1.82) is 0 Å². The van der Waals surface area contributed by atoms with Gasteiger partial charge in [0.15, 0.2) is 0 Å². The standard InChI is InChI=1S/C15H21ClN2O3/c1-10-9-21-11(2)7-18(10)8-15(19)17-12-4-5-14(20-3)13(16)6-12/h4-6,10-11H,7-9H2,1-3H3,(H,17,19)/t10-,11-/m0/s1. The largest absolute Gasteiger partial charge is 0.495 e. The van der Waals surface area contributed by atoms with E-state index in [4.69, 9.17) is 21.1 Å². The van der Waals surface area contributed by atoms with E-state index in [2.05, 4.69) is 17.1 Å². The molecular weight excluding hydrogens is 292 g/mol. The molecule has 1 saturated heterocycles. The van der Waals surface area contributed by atoms with Crippen molar-refractivity contribution in [2.45, 2.75) is 26.0 Å². The molecule has 6 heteroatoms. The quantitative estimate of drug-likeness (QED) is 0.927. The minimum Gasteiger partial charge on any atom is -0.495 e. The lowest BCUT2D eigenvalue weighted by molar-refractivity contribution is -0.121. The maximum Gasteiger partial charge on any atom is 0.238 e. The van der Waals surface area contributed by atoms with Gasteiger partial charge in [-0.05, 0) is 32.0 Å². The van der Waals surface area contributed by atoms with Crippen LogP contribution in [0.2, 0.25) is 5.02 Å². The van der Waals surface area contributed by atoms with Gasteiger partial charge in [-0.3, -0.25) is 9.69 Å². The minimum atomic E-state index is -0.0582. The highest BCUT2D eigenvalue weighted by Gasteiger charge is 2.25. The van der Waals surface area contributed by atoms with Gasteiger partial charge in [0.25, 0.3) is 0 Å². The van der Waals surface area contributed by atoms with Gasteiger partial charge in [-0.15, -0.1) is 0 Å². The van der Waals surface area contributed by atoms with Crippen LogP contribution in [0.15, 0.2) is 18.2 Å². The third kappa shape index (κ3) is 4.33. The fourth-order valence-electron chi connectivity index (χ4n) is 2.32. The average molecular weight is 313 g/mol. The van der Waals surface area contributed by atoms with Gasteiger partial charge in [-0.25, -0.2) is 0 Å². The van der Waals surface area contributed by atoms with E-state index in [1.54, 1.807) is 25.3 Å². The summed E-state index contributed by atoms with van der Waals surface area (Å²) in [7, 11) is 1.56. The van der Waals surface area contributed by atoms with Gasteiger partial charge in [0.05, 0.1) is 31.4 Å². The highest BCUT2D eigenvalue weighted by atomic mass is 35.5. The second kappa shape index (κ2) is 7.11. The Bertz CT molecular complexity index is 510. The monoisotopic (exact) mass is 312 g/mol. The molecule has 1 amide bonds. The number of methoxy groups -OCH3 is 1. The Morgan fingerprint density at radius 2 is 2.29 bits per heavy atom. The number of nitrogens with one attached hydrogen (secondary N) is 1. The smallest absolute Gasteiger partial charge is 0.238 e. The Morgan fingerprint density at radius 3 is 2.95 bits per heavy atom. The SMILES string of the molecule is COc1ccc(NC(=O)CN2C[C@H](C)OC[C@@H]2C)cc1Cl. The van der Waals surface area contributed by atoms with E-state index < -0.39 is 0 Å². The number of morpholine rings is 1. The molecule has 0 unspecified atom stereocenters. The summed E-state index contributed by atoms with van der Waals surface area (Å²) in [5, 5.41) is 3.33. The summed E-state index contributed by atoms with van der Waals surface area (Å²) in [6.45, 7) is 5.84. The number of benzene rings is 1. The van der Waals surface area contributed by atoms with Crippen LogP contribution in [0.4, 0.5) is 5.69 Å². The molecule has 1 fully saturated rings. The van der Waals surface area contributed by atoms with Gasteiger partial charge in [0.2, 0.25) is 5.91 Å². The van der Waals surface area contributed by atoms with Crippen LogP contribution >= 0.6 is 11.6 Å². The third-order valence-electron chi connectivity index (χ3n) is 3.52. The predicted octanol–water partition coefficient (Wildman–Crippen LogP) is 2.40. The first-order valence-corrected chi connectivity index (χ1v) is 7.36. The Balaban J connectivity index is 1.93. The molecule has 2 atom stereocenters. The topological polar surface area (TPSA) is 50.8 Å². The van der Waals surface area contributed by atoms with Crippen LogP contribution in [0, 0.1) is 0 Å². The molecule has 1 heterocycles. The summed E-state index contributed by atoms with van der Waals surface area (Å²) in [5.41, 5.74) is 0.666. The fraction of sp³-hybridized carbons (Fsp3) is 0.533. The lowest BCUT2D eigenvalue weighted by Gasteiger charge is -2.36. The maximum absolute atomic E-state index is 12.1. The number of carbonyl (C=O) groups is 1. The lowest BCUT2D eigenvalue weighted by Crippen LogP contribution is -2.50. The van der Waals surface area contributed by atoms with Crippen molar-refractivity contribution < 1.29 is 14.3 Å². The van der Waals surface area contributed by atoms with E-state index in [1.165, 1.54) is 0 Å². The number of rotatable bonds is 4. The molecule has 5 nitrogen and oxygen atoms in total. The molecule has 0 aromatic heterocycles. The van der Waals surface area contributed by atoms with Crippen LogP contribution in [0.25, 0.3) is 0 Å². The number of hydrogen-bond acceptors (Lipinski definition) is 4. The van der Waals surface area contributed by atoms with E-state index in [-0.39, 0.29) is 18.1 Å². The van der Waals surface area contributed by atoms with Crippen LogP contribution in [-0.4, -0.2) is 49.8 Å². The van der Waals surface area contributed by atoms with Crippen molar-refractivity contribution in [3.63, 3.8) is 0 Å². The average Bonchev–Trinajstić information content (AvgIpc) is 2.43. The Morgan fingerprint density at radius 1 is 1.52 bits per heavy atom. The molecule has 0 saturated carbocycles. The fourth-order valence-corrected chi connectivity index (χ4v) is 2.58. The summed E-state index contributed by atoms with van der Waals surface area (Å²) in [5.74, 6) is 0.530. The molecule has 0 radical (unpaired) electrons. The molecule has 1 N–H and O–H groups in total. The predicted molar refractivity (Wildman–Crippen MR) is 83.1 cm³/mol. The second-order valence-corrected chi connectivity index (χ2v) is 5.73. The summed E-state index contributed by atoms with van der Waals surface area (Å²) < 4.78 is 10.6. The summed E-state index contributed by atoms with van der Waals surface area (Å²) >= 11 is 6.04. The lowest BCUT2D eigenvalue weighted by atomic mass is 10.2. The Kier molecular flexibility index (Phi) is 5.45. The number of hydrogen-bond donors (Lipinski definition) is 1. The normalized spacial score (nSPS) is 22.9. The second-order valence-electron chi connectivity index (χ2n) is 5.32. The van der Waals surface area contributed by atoms with E-state index >= 15 is 0 Å². The first-order valence-electron chi connectivity index (χ1n) is 6.98. The maximum atomic E-state index is 12.1. The van der Waals surface area contributed by atoms with Crippen molar-refractivity contribution in [3.8, 4) is 5.75 Å². The van der Waals surface area contributed by atoms with E-state index in [0.29, 0.717) is 29.6 Å². The van der Waals surface area contributed by atoms with Crippen LogP contribution in [0.1, 0.15) is 13.8 Å². The molecule has 0 aliphatic carbocycles. The van der Waals surface area contributed by atoms with Gasteiger partial charge >= 0.3 is 0 Å². The van der Waals surface area contributed by atoms with Crippen molar-refractivity contribution >= 4 is 23.2 Å². The zero-order chi connectivity index (χ0) is 15.4. The number of carbonyl (C=O) groups excluding carboxylic acids is 1. The molecule has 1 aromatic carbocycles. The minimum absolute atomic E-state index is 0.0582. The van der Waals surface area contributed by atoms with E-state index in [9.17, 15) is 4.79 Å². The highest BCUT2D eigenvalue weighted by Crippen LogP contribution is 2.27.